The fraction of sp³-hybridized carbons (Fsp3) is 0.127. The molecule has 1 heterocycles. The zero-order chi connectivity index (χ0) is 43.4. The molecule has 0 bridgehead atoms. The first-order valence-corrected chi connectivity index (χ1v) is 23.2. The highest BCUT2D eigenvalue weighted by atomic mass is 15.3. The third-order valence-electron chi connectivity index (χ3n) is 15.8. The largest absolute Gasteiger partial charge is 0.334 e. The number of fused-ring (bicyclic) bond motifs is 5. The number of nitriles is 1. The standard InChI is InChI=1S/C63H46N2/c1-62-34-10-11-35-63(62,2)65(45-27-24-40(39-64)25-28-45)59-33-26-44(36-58(59)62)55-38-57(49-23-13-19-42-17-7-9-21-47(42)49)53-31-29-50-54(43-14-4-3-5-15-43)37-56(52-32-30-51(55)61(53)60(50)52)48-22-12-18-41-16-6-8-20-46(41)48/h3-9,12-33,36-38H,10-11,34-35H2,1-2H3. The second-order valence-electron chi connectivity index (χ2n) is 19.0. The quantitative estimate of drug-likeness (QED) is 0.162. The van der Waals surface area contributed by atoms with Gasteiger partial charge in [-0.25, -0.2) is 0 Å². The highest BCUT2D eigenvalue weighted by Gasteiger charge is 2.57. The molecule has 2 aliphatic rings. The number of rotatable bonds is 5. The van der Waals surface area contributed by atoms with Crippen LogP contribution < -0.4 is 4.90 Å². The Labute approximate surface area is 380 Å². The Morgan fingerprint density at radius 2 is 0.954 bits per heavy atom. The van der Waals surface area contributed by atoms with Gasteiger partial charge >= 0.3 is 0 Å². The van der Waals surface area contributed by atoms with E-state index in [2.05, 4.69) is 207 Å². The molecular formula is C63H46N2. The van der Waals surface area contributed by atoms with Crippen molar-refractivity contribution in [3.63, 3.8) is 0 Å². The van der Waals surface area contributed by atoms with Crippen molar-refractivity contribution in [3.05, 3.63) is 205 Å². The predicted molar refractivity (Wildman–Crippen MR) is 274 cm³/mol. The van der Waals surface area contributed by atoms with Gasteiger partial charge < -0.3 is 4.90 Å². The third-order valence-corrected chi connectivity index (χ3v) is 15.8. The molecule has 1 fully saturated rings. The summed E-state index contributed by atoms with van der Waals surface area (Å²) in [6.07, 6.45) is 4.66. The molecule has 0 radical (unpaired) electrons. The van der Waals surface area contributed by atoms with E-state index in [-0.39, 0.29) is 11.0 Å². The average molecular weight is 831 g/mol. The second kappa shape index (κ2) is 14.1. The molecule has 0 saturated heterocycles. The van der Waals surface area contributed by atoms with Crippen LogP contribution in [0.3, 0.4) is 0 Å². The lowest BCUT2D eigenvalue weighted by Gasteiger charge is -2.50. The summed E-state index contributed by atoms with van der Waals surface area (Å²) in [5.74, 6) is 0. The van der Waals surface area contributed by atoms with Gasteiger partial charge in [-0.3, -0.25) is 0 Å². The minimum Gasteiger partial charge on any atom is -0.334 e. The van der Waals surface area contributed by atoms with Crippen LogP contribution in [0, 0.1) is 11.3 Å². The Bertz CT molecular complexity index is 3750. The number of hydrogen-bond donors (Lipinski definition) is 0. The summed E-state index contributed by atoms with van der Waals surface area (Å²) in [7, 11) is 0. The fourth-order valence-corrected chi connectivity index (χ4v) is 12.4. The molecule has 0 amide bonds. The van der Waals surface area contributed by atoms with E-state index in [0.29, 0.717) is 5.56 Å². The van der Waals surface area contributed by atoms with Crippen LogP contribution in [0.1, 0.15) is 50.7 Å². The lowest BCUT2D eigenvalue weighted by Crippen LogP contribution is -2.54. The van der Waals surface area contributed by atoms with E-state index in [4.69, 9.17) is 0 Å². The molecule has 0 aromatic heterocycles. The predicted octanol–water partition coefficient (Wildman–Crippen LogP) is 17.2. The van der Waals surface area contributed by atoms with E-state index >= 15 is 0 Å². The highest BCUT2D eigenvalue weighted by molar-refractivity contribution is 6.32. The minimum atomic E-state index is -0.108. The molecule has 0 N–H and O–H groups in total. The molecule has 1 aliphatic heterocycles. The van der Waals surface area contributed by atoms with Crippen LogP contribution in [0.5, 0.6) is 0 Å². The van der Waals surface area contributed by atoms with Gasteiger partial charge in [0.15, 0.2) is 0 Å². The lowest BCUT2D eigenvalue weighted by molar-refractivity contribution is 0.195. The smallest absolute Gasteiger partial charge is 0.0991 e. The lowest BCUT2D eigenvalue weighted by atomic mass is 9.61. The topological polar surface area (TPSA) is 27.0 Å². The van der Waals surface area contributed by atoms with Crippen molar-refractivity contribution >= 4 is 65.2 Å². The summed E-state index contributed by atoms with van der Waals surface area (Å²) < 4.78 is 0. The third kappa shape index (κ3) is 5.39. The Morgan fingerprint density at radius 3 is 1.55 bits per heavy atom. The summed E-state index contributed by atoms with van der Waals surface area (Å²) in [6.45, 7) is 5.00. The van der Waals surface area contributed by atoms with E-state index in [1.165, 1.54) is 122 Å². The van der Waals surface area contributed by atoms with Crippen molar-refractivity contribution < 1.29 is 0 Å². The van der Waals surface area contributed by atoms with E-state index in [1.807, 2.05) is 12.1 Å². The van der Waals surface area contributed by atoms with Gasteiger partial charge in [0.05, 0.1) is 17.2 Å². The first-order valence-electron chi connectivity index (χ1n) is 23.2. The van der Waals surface area contributed by atoms with Gasteiger partial charge in [-0.05, 0) is 172 Å². The molecule has 0 spiro atoms. The molecular weight excluding hydrogens is 785 g/mol. The van der Waals surface area contributed by atoms with Gasteiger partial charge in [-0.2, -0.15) is 5.26 Å². The SMILES string of the molecule is CC12CCCCC1(C)N(c1ccc(C#N)cc1)c1ccc(-c3cc(-c4cccc5ccccc45)c4ccc5c(-c6ccccc6)cc(-c6cccc7ccccc67)c6ccc3c4c56)cc12. The molecule has 11 aromatic carbocycles. The van der Waals surface area contributed by atoms with Crippen LogP contribution in [0.4, 0.5) is 11.4 Å². The molecule has 1 saturated carbocycles. The minimum absolute atomic E-state index is 0.0648. The van der Waals surface area contributed by atoms with Crippen molar-refractivity contribution in [1.82, 2.24) is 0 Å². The summed E-state index contributed by atoms with van der Waals surface area (Å²) in [5, 5.41) is 22.4. The maximum Gasteiger partial charge on any atom is 0.0991 e. The monoisotopic (exact) mass is 830 g/mol. The van der Waals surface area contributed by atoms with Gasteiger partial charge in [0.2, 0.25) is 0 Å². The summed E-state index contributed by atoms with van der Waals surface area (Å²) in [5.41, 5.74) is 14.4. The Morgan fingerprint density at radius 1 is 0.431 bits per heavy atom. The molecule has 2 nitrogen and oxygen atoms in total. The zero-order valence-electron chi connectivity index (χ0n) is 36.7. The van der Waals surface area contributed by atoms with Gasteiger partial charge in [0.25, 0.3) is 0 Å². The van der Waals surface area contributed by atoms with Gasteiger partial charge in [-0.1, -0.05) is 165 Å². The van der Waals surface area contributed by atoms with Crippen molar-refractivity contribution in [2.24, 2.45) is 0 Å². The van der Waals surface area contributed by atoms with Crippen LogP contribution in [0.15, 0.2) is 194 Å². The summed E-state index contributed by atoms with van der Waals surface area (Å²) in [6, 6.07) is 74.6. The molecule has 1 aliphatic carbocycles. The van der Waals surface area contributed by atoms with Crippen LogP contribution in [-0.2, 0) is 5.41 Å². The molecule has 2 unspecified atom stereocenters. The van der Waals surface area contributed by atoms with E-state index in [1.54, 1.807) is 0 Å². The summed E-state index contributed by atoms with van der Waals surface area (Å²) >= 11 is 0. The van der Waals surface area contributed by atoms with Crippen LogP contribution >= 0.6 is 0 Å². The van der Waals surface area contributed by atoms with E-state index in [0.717, 1.165) is 18.5 Å². The number of hydrogen-bond acceptors (Lipinski definition) is 2. The van der Waals surface area contributed by atoms with E-state index in [9.17, 15) is 5.26 Å². The first kappa shape index (κ1) is 37.8. The molecule has 2 heteroatoms. The summed E-state index contributed by atoms with van der Waals surface area (Å²) in [4.78, 5) is 2.61. The number of benzene rings is 11. The van der Waals surface area contributed by atoms with Gasteiger partial charge in [0.1, 0.15) is 0 Å². The average Bonchev–Trinajstić information content (AvgIpc) is 3.57. The molecule has 2 atom stereocenters. The molecule has 11 aromatic rings. The zero-order valence-corrected chi connectivity index (χ0v) is 36.7. The van der Waals surface area contributed by atoms with Gasteiger partial charge in [-0.15, -0.1) is 0 Å². The molecule has 308 valence electrons. The Balaban J connectivity index is 1.14. The number of nitrogens with zero attached hydrogens (tertiary/aromatic N) is 2. The van der Waals surface area contributed by atoms with Gasteiger partial charge in [0, 0.05) is 16.8 Å². The highest BCUT2D eigenvalue weighted by Crippen LogP contribution is 2.61. The normalized spacial score (nSPS) is 18.1. The van der Waals surface area contributed by atoms with Crippen molar-refractivity contribution in [2.45, 2.75) is 50.5 Å². The van der Waals surface area contributed by atoms with Crippen LogP contribution in [0.2, 0.25) is 0 Å². The van der Waals surface area contributed by atoms with Crippen LogP contribution in [-0.4, -0.2) is 5.54 Å². The fourth-order valence-electron chi connectivity index (χ4n) is 12.4. The van der Waals surface area contributed by atoms with Crippen LogP contribution in [0.25, 0.3) is 98.4 Å². The molecule has 13 rings (SSSR count). The Hall–Kier alpha value is -7.73. The van der Waals surface area contributed by atoms with Crippen molar-refractivity contribution in [1.29, 1.82) is 5.26 Å². The number of anilines is 2. The van der Waals surface area contributed by atoms with Crippen molar-refractivity contribution in [3.8, 4) is 50.6 Å². The maximum absolute atomic E-state index is 9.69. The molecule has 65 heavy (non-hydrogen) atoms. The van der Waals surface area contributed by atoms with E-state index < -0.39 is 0 Å². The maximum atomic E-state index is 9.69. The second-order valence-corrected chi connectivity index (χ2v) is 19.0. The Kier molecular flexibility index (Phi) is 8.22. The first-order chi connectivity index (χ1) is 31.9. The van der Waals surface area contributed by atoms with Crippen molar-refractivity contribution in [2.75, 3.05) is 4.90 Å².